The van der Waals surface area contributed by atoms with Crippen LogP contribution in [0.25, 0.3) is 0 Å². The number of rotatable bonds is 8. The zero-order valence-corrected chi connectivity index (χ0v) is 17.3. The second-order valence-electron chi connectivity index (χ2n) is 9.02. The molecule has 154 valence electrons. The van der Waals surface area contributed by atoms with E-state index in [-0.39, 0.29) is 17.9 Å². The summed E-state index contributed by atoms with van der Waals surface area (Å²) in [4.78, 5) is 28.7. The van der Waals surface area contributed by atoms with Gasteiger partial charge in [-0.1, -0.05) is 44.2 Å². The topological polar surface area (TPSA) is 60.9 Å². The van der Waals surface area contributed by atoms with Crippen molar-refractivity contribution in [3.8, 4) is 0 Å². The molecule has 3 rings (SSSR count). The number of hydrogen-bond donors (Lipinski definition) is 1. The number of carbonyl (C=O) groups excluding carboxylic acids is 1. The predicted molar refractivity (Wildman–Crippen MR) is 110 cm³/mol. The first-order chi connectivity index (χ1) is 13.4. The first-order valence-corrected chi connectivity index (χ1v) is 10.7. The second kappa shape index (κ2) is 9.08. The Morgan fingerprint density at radius 2 is 1.89 bits per heavy atom. The maximum Gasteiger partial charge on any atom is 0.303 e. The average Bonchev–Trinajstić information content (AvgIpc) is 2.89. The highest BCUT2D eigenvalue weighted by Crippen LogP contribution is 2.45. The molecule has 0 aliphatic carbocycles. The third-order valence-corrected chi connectivity index (χ3v) is 6.34. The van der Waals surface area contributed by atoms with Crippen LogP contribution in [0.4, 0.5) is 0 Å². The van der Waals surface area contributed by atoms with E-state index in [1.807, 2.05) is 6.07 Å². The van der Waals surface area contributed by atoms with Crippen LogP contribution in [0.3, 0.4) is 0 Å². The van der Waals surface area contributed by atoms with E-state index in [1.165, 1.54) is 5.56 Å². The number of carbonyl (C=O) groups is 2. The second-order valence-corrected chi connectivity index (χ2v) is 9.02. The summed E-state index contributed by atoms with van der Waals surface area (Å²) < 4.78 is 0. The summed E-state index contributed by atoms with van der Waals surface area (Å²) in [6.45, 7) is 7.82. The van der Waals surface area contributed by atoms with Crippen molar-refractivity contribution in [3.63, 3.8) is 0 Å². The van der Waals surface area contributed by atoms with Crippen molar-refractivity contribution >= 4 is 11.9 Å². The van der Waals surface area contributed by atoms with Crippen molar-refractivity contribution in [2.75, 3.05) is 26.2 Å². The van der Waals surface area contributed by atoms with Crippen LogP contribution in [-0.4, -0.2) is 59.0 Å². The van der Waals surface area contributed by atoms with E-state index in [0.717, 1.165) is 51.9 Å². The lowest BCUT2D eigenvalue weighted by Gasteiger charge is -2.38. The Balaban J connectivity index is 1.65. The maximum absolute atomic E-state index is 13.5. The van der Waals surface area contributed by atoms with Gasteiger partial charge in [0.25, 0.3) is 0 Å². The van der Waals surface area contributed by atoms with Gasteiger partial charge in [-0.15, -0.1) is 0 Å². The van der Waals surface area contributed by atoms with Gasteiger partial charge in [-0.2, -0.15) is 0 Å². The molecule has 28 heavy (non-hydrogen) atoms. The van der Waals surface area contributed by atoms with Crippen LogP contribution in [0, 0.1) is 11.3 Å². The van der Waals surface area contributed by atoms with Crippen molar-refractivity contribution in [1.29, 1.82) is 0 Å². The van der Waals surface area contributed by atoms with E-state index in [2.05, 4.69) is 47.9 Å². The Labute approximate surface area is 168 Å². The van der Waals surface area contributed by atoms with Gasteiger partial charge >= 0.3 is 5.97 Å². The molecule has 2 aliphatic rings. The zero-order chi connectivity index (χ0) is 20.1. The molecular weight excluding hydrogens is 352 g/mol. The van der Waals surface area contributed by atoms with Gasteiger partial charge in [0.05, 0.1) is 5.41 Å². The Bertz CT molecular complexity index is 666. The number of aliphatic carboxylic acids is 1. The van der Waals surface area contributed by atoms with Gasteiger partial charge < -0.3 is 14.9 Å². The molecule has 2 saturated heterocycles. The molecule has 1 aromatic carbocycles. The Morgan fingerprint density at radius 1 is 1.21 bits per heavy atom. The maximum atomic E-state index is 13.5. The van der Waals surface area contributed by atoms with E-state index < -0.39 is 5.97 Å². The van der Waals surface area contributed by atoms with Crippen molar-refractivity contribution in [2.45, 2.75) is 58.4 Å². The molecule has 2 fully saturated rings. The molecule has 0 radical (unpaired) electrons. The Morgan fingerprint density at radius 3 is 2.50 bits per heavy atom. The SMILES string of the molecule is CC(C)CN1C(=O)C2(CCN(CCCC(=O)O)CC2)C[C@H]1Cc1ccccc1. The van der Waals surface area contributed by atoms with Crippen LogP contribution in [0.1, 0.15) is 51.5 Å². The molecule has 1 atom stereocenters. The fourth-order valence-electron chi connectivity index (χ4n) is 4.89. The van der Waals surface area contributed by atoms with E-state index in [1.54, 1.807) is 0 Å². The molecule has 1 N–H and O–H groups in total. The number of piperidine rings is 1. The standard InChI is InChI=1S/C23H34N2O3/c1-18(2)17-25-20(15-19-7-4-3-5-8-19)16-23(22(25)28)10-13-24(14-11-23)12-6-9-21(26)27/h3-5,7-8,18,20H,6,9-17H2,1-2H3,(H,26,27)/t20-/m1/s1. The van der Waals surface area contributed by atoms with Crippen molar-refractivity contribution in [2.24, 2.45) is 11.3 Å². The molecule has 1 amide bonds. The lowest BCUT2D eigenvalue weighted by Crippen LogP contribution is -2.45. The number of amides is 1. The number of likely N-dealkylation sites (tertiary alicyclic amines) is 2. The minimum Gasteiger partial charge on any atom is -0.481 e. The number of hydrogen-bond acceptors (Lipinski definition) is 3. The van der Waals surface area contributed by atoms with Crippen LogP contribution in [0.2, 0.25) is 0 Å². The van der Waals surface area contributed by atoms with Crippen LogP contribution < -0.4 is 0 Å². The molecule has 2 heterocycles. The quantitative estimate of drug-likeness (QED) is 0.744. The highest BCUT2D eigenvalue weighted by atomic mass is 16.4. The van der Waals surface area contributed by atoms with Gasteiger partial charge in [-0.05, 0) is 63.2 Å². The molecule has 1 spiro atoms. The first kappa shape index (κ1) is 20.8. The molecule has 0 saturated carbocycles. The highest BCUT2D eigenvalue weighted by Gasteiger charge is 2.52. The minimum atomic E-state index is -0.729. The van der Waals surface area contributed by atoms with Crippen molar-refractivity contribution < 1.29 is 14.7 Å². The first-order valence-electron chi connectivity index (χ1n) is 10.7. The number of nitrogens with zero attached hydrogens (tertiary/aromatic N) is 2. The average molecular weight is 387 g/mol. The van der Waals surface area contributed by atoms with Gasteiger partial charge in [0.1, 0.15) is 0 Å². The van der Waals surface area contributed by atoms with E-state index in [4.69, 9.17) is 5.11 Å². The summed E-state index contributed by atoms with van der Waals surface area (Å²) in [6.07, 6.45) is 4.60. The normalized spacial score (nSPS) is 22.3. The monoisotopic (exact) mass is 386 g/mol. The summed E-state index contributed by atoms with van der Waals surface area (Å²) in [5.41, 5.74) is 1.09. The van der Waals surface area contributed by atoms with Crippen LogP contribution in [0.5, 0.6) is 0 Å². The van der Waals surface area contributed by atoms with Gasteiger partial charge in [0, 0.05) is 19.0 Å². The molecule has 1 aromatic rings. The molecule has 5 nitrogen and oxygen atoms in total. The van der Waals surface area contributed by atoms with Gasteiger partial charge in [0.2, 0.25) is 5.91 Å². The Kier molecular flexibility index (Phi) is 6.76. The third kappa shape index (κ3) is 4.93. The summed E-state index contributed by atoms with van der Waals surface area (Å²) in [7, 11) is 0. The Hall–Kier alpha value is -1.88. The third-order valence-electron chi connectivity index (χ3n) is 6.34. The smallest absolute Gasteiger partial charge is 0.303 e. The van der Waals surface area contributed by atoms with Crippen LogP contribution in [-0.2, 0) is 16.0 Å². The molecule has 0 aromatic heterocycles. The highest BCUT2D eigenvalue weighted by molar-refractivity contribution is 5.85. The fraction of sp³-hybridized carbons (Fsp3) is 0.652. The molecule has 2 aliphatic heterocycles. The van der Waals surface area contributed by atoms with Gasteiger partial charge in [-0.25, -0.2) is 0 Å². The predicted octanol–water partition coefficient (Wildman–Crippen LogP) is 3.43. The fourth-order valence-corrected chi connectivity index (χ4v) is 4.89. The number of carboxylic acids is 1. The largest absolute Gasteiger partial charge is 0.481 e. The van der Waals surface area contributed by atoms with Gasteiger partial charge in [0.15, 0.2) is 0 Å². The van der Waals surface area contributed by atoms with E-state index >= 15 is 0 Å². The number of benzene rings is 1. The van der Waals surface area contributed by atoms with Gasteiger partial charge in [-0.3, -0.25) is 9.59 Å². The zero-order valence-electron chi connectivity index (χ0n) is 17.3. The summed E-state index contributed by atoms with van der Waals surface area (Å²) in [5.74, 6) is 0.0910. The summed E-state index contributed by atoms with van der Waals surface area (Å²) in [6, 6.07) is 10.8. The van der Waals surface area contributed by atoms with E-state index in [0.29, 0.717) is 18.2 Å². The van der Waals surface area contributed by atoms with Crippen molar-refractivity contribution in [3.05, 3.63) is 35.9 Å². The number of carboxylic acid groups (broad SMARTS) is 1. The summed E-state index contributed by atoms with van der Waals surface area (Å²) in [5, 5.41) is 8.83. The van der Waals surface area contributed by atoms with Crippen LogP contribution >= 0.6 is 0 Å². The van der Waals surface area contributed by atoms with Crippen molar-refractivity contribution in [1.82, 2.24) is 9.80 Å². The lowest BCUT2D eigenvalue weighted by molar-refractivity contribution is -0.139. The molecule has 5 heteroatoms. The van der Waals surface area contributed by atoms with E-state index in [9.17, 15) is 9.59 Å². The molecule has 0 bridgehead atoms. The van der Waals surface area contributed by atoms with Crippen LogP contribution in [0.15, 0.2) is 30.3 Å². The molecule has 0 unspecified atom stereocenters. The lowest BCUT2D eigenvalue weighted by atomic mass is 9.75. The molecular formula is C23H34N2O3. The minimum absolute atomic E-state index is 0.211. The summed E-state index contributed by atoms with van der Waals surface area (Å²) >= 11 is 0.